The number of Topliss-reactive ketones (excluding diaryl/α,β-unsaturated/α-hetero) is 1. The number of amides is 1. The summed E-state index contributed by atoms with van der Waals surface area (Å²) >= 11 is 35.3. The molecule has 4 fully saturated rings. The van der Waals surface area contributed by atoms with Crippen LogP contribution in [0, 0.1) is 22.7 Å². The number of halogens is 6. The summed E-state index contributed by atoms with van der Waals surface area (Å²) in [6.45, 7) is 9.27. The second-order valence-corrected chi connectivity index (χ2v) is 25.1. The molecule has 0 aromatic heterocycles. The standard InChI is InChI=1S/C46H55Cl6NO18/c1-21-25(66-36(58)30(55)29(23-14-15-23)53-37(59)71-40(3,4)5)17-44(62)34(69-35(57)24-12-10-9-11-13-24)32-42(8,33(56)31(28(21)41(44,6)7)68-39(61)65-20-46(50,51)52)26(67-38(60)64-19-45(47,48)49)16-27-43(32,18-63-27)70-22(2)54/h9-13,23,25-27,29-32,34,55,62H,14-20H2,1-8H3,(H,53,59)/t25-,26-,27+,29?,30?,31+,32-,34-,42+,43-,44+/m0/s1. The van der Waals surface area contributed by atoms with Gasteiger partial charge in [0.15, 0.2) is 23.6 Å². The third-order valence-electron chi connectivity index (χ3n) is 13.7. The monoisotopic (exact) mass is 1120 g/mol. The third-order valence-corrected chi connectivity index (χ3v) is 14.3. The van der Waals surface area contributed by atoms with Gasteiger partial charge in [-0.3, -0.25) is 9.59 Å². The zero-order chi connectivity index (χ0) is 53.0. The quantitative estimate of drug-likeness (QED) is 0.0800. The molecule has 0 spiro atoms. The van der Waals surface area contributed by atoms with Crippen LogP contribution in [0.5, 0.6) is 0 Å². The van der Waals surface area contributed by atoms with E-state index in [0.717, 1.165) is 6.92 Å². The lowest BCUT2D eigenvalue weighted by Gasteiger charge is -2.67. The van der Waals surface area contributed by atoms with Crippen LogP contribution in [0.1, 0.15) is 91.4 Å². The molecule has 11 atom stereocenters. The highest BCUT2D eigenvalue weighted by Gasteiger charge is 2.79. The molecule has 3 N–H and O–H groups in total. The zero-order valence-corrected chi connectivity index (χ0v) is 44.3. The van der Waals surface area contributed by atoms with Crippen LogP contribution < -0.4 is 5.32 Å². The molecule has 2 unspecified atom stereocenters. The fourth-order valence-corrected chi connectivity index (χ4v) is 10.6. The van der Waals surface area contributed by atoms with Gasteiger partial charge in [-0.1, -0.05) is 102 Å². The maximum Gasteiger partial charge on any atom is 0.509 e. The molecule has 1 amide bonds. The minimum Gasteiger partial charge on any atom is -0.456 e. The van der Waals surface area contributed by atoms with Gasteiger partial charge in [0.05, 0.1) is 29.5 Å². The molecule has 1 aromatic carbocycles. The van der Waals surface area contributed by atoms with Crippen molar-refractivity contribution < 1.29 is 86.4 Å². The van der Waals surface area contributed by atoms with Crippen LogP contribution in [0.15, 0.2) is 41.5 Å². The van der Waals surface area contributed by atoms with Crippen LogP contribution in [0.3, 0.4) is 0 Å². The van der Waals surface area contributed by atoms with Crippen LogP contribution >= 0.6 is 69.6 Å². The number of carbonyl (C=O) groups excluding carboxylic acids is 7. The number of hydrogen-bond donors (Lipinski definition) is 3. The molecular formula is C46H55Cl6NO18. The van der Waals surface area contributed by atoms with E-state index in [-0.39, 0.29) is 22.6 Å². The maximum absolute atomic E-state index is 16.2. The summed E-state index contributed by atoms with van der Waals surface area (Å²) < 4.78 is 47.7. The number of nitrogens with one attached hydrogen (secondary N) is 1. The number of rotatable bonds is 12. The van der Waals surface area contributed by atoms with Crippen LogP contribution in [0.2, 0.25) is 0 Å². The SMILES string of the molecule is CC(=O)O[C@@]12CO[C@@H]1C[C@H](OC(=O)OCC(Cl)(Cl)Cl)[C@@]1(C)C(=O)[C@H](OC(=O)OCC(Cl)(Cl)Cl)C3=C(C)[C@@H](OC(=O)C(O)C(NC(=O)OC(C)(C)C)C4CC4)C[C@@](O)([C@@H](OC(=O)c4ccccc4)[C@H]21)C3(C)C. The molecule has 1 aliphatic heterocycles. The van der Waals surface area contributed by atoms with Gasteiger partial charge in [-0.05, 0) is 76.7 Å². The molecule has 71 heavy (non-hydrogen) atoms. The van der Waals surface area contributed by atoms with Crippen molar-refractivity contribution in [1.82, 2.24) is 5.32 Å². The molecule has 1 saturated heterocycles. The van der Waals surface area contributed by atoms with Crippen molar-refractivity contribution in [2.45, 2.75) is 148 Å². The van der Waals surface area contributed by atoms with Gasteiger partial charge >= 0.3 is 36.3 Å². The Balaban J connectivity index is 1.59. The average molecular weight is 1120 g/mol. The Hall–Kier alpha value is -3.53. The minimum absolute atomic E-state index is 0.0130. The molecule has 3 saturated carbocycles. The van der Waals surface area contributed by atoms with E-state index in [1.807, 2.05) is 0 Å². The second-order valence-electron chi connectivity index (χ2n) is 20.0. The van der Waals surface area contributed by atoms with Crippen molar-refractivity contribution in [3.8, 4) is 0 Å². The first kappa shape index (κ1) is 56.8. The predicted octanol–water partition coefficient (Wildman–Crippen LogP) is 7.36. The van der Waals surface area contributed by atoms with Gasteiger partial charge in [0.2, 0.25) is 7.59 Å². The van der Waals surface area contributed by atoms with Crippen molar-refractivity contribution in [3.63, 3.8) is 0 Å². The Kier molecular flexibility index (Phi) is 16.5. The van der Waals surface area contributed by atoms with Crippen LogP contribution in [0.25, 0.3) is 0 Å². The predicted molar refractivity (Wildman–Crippen MR) is 252 cm³/mol. The molecule has 1 heterocycles. The highest BCUT2D eigenvalue weighted by Crippen LogP contribution is 2.65. The number of alkyl carbamates (subject to hydrolysis) is 1. The summed E-state index contributed by atoms with van der Waals surface area (Å²) in [5.74, 6) is -6.59. The number of carbonyl (C=O) groups is 7. The molecule has 19 nitrogen and oxygen atoms in total. The number of ether oxygens (including phenoxy) is 9. The van der Waals surface area contributed by atoms with Crippen molar-refractivity contribution in [1.29, 1.82) is 0 Å². The van der Waals surface area contributed by atoms with Gasteiger partial charge in [-0.25, -0.2) is 24.0 Å². The van der Waals surface area contributed by atoms with Crippen molar-refractivity contribution in [2.24, 2.45) is 22.7 Å². The zero-order valence-electron chi connectivity index (χ0n) is 39.7. The molecule has 6 rings (SSSR count). The highest BCUT2D eigenvalue weighted by molar-refractivity contribution is 6.68. The van der Waals surface area contributed by atoms with E-state index < -0.39 is 159 Å². The molecule has 4 aliphatic carbocycles. The molecule has 1 aromatic rings. The average Bonchev–Trinajstić information content (AvgIpc) is 4.09. The summed E-state index contributed by atoms with van der Waals surface area (Å²) in [6.07, 6.45) is -15.0. The molecular weight excluding hydrogens is 1070 g/mol. The first-order valence-corrected chi connectivity index (χ1v) is 24.7. The molecule has 0 radical (unpaired) electrons. The summed E-state index contributed by atoms with van der Waals surface area (Å²) in [6, 6.07) is 6.31. The number of fused-ring (bicyclic) bond motifs is 5. The Morgan fingerprint density at radius 2 is 1.45 bits per heavy atom. The van der Waals surface area contributed by atoms with Gasteiger partial charge in [-0.15, -0.1) is 0 Å². The van der Waals surface area contributed by atoms with E-state index in [1.54, 1.807) is 26.8 Å². The van der Waals surface area contributed by atoms with Crippen molar-refractivity contribution >= 4 is 112 Å². The largest absolute Gasteiger partial charge is 0.509 e. The maximum atomic E-state index is 16.2. The number of benzene rings is 1. The number of hydrogen-bond acceptors (Lipinski definition) is 18. The normalized spacial score (nSPS) is 31.0. The number of esters is 3. The van der Waals surface area contributed by atoms with Gasteiger partial charge in [0.1, 0.15) is 48.8 Å². The molecule has 2 bridgehead atoms. The lowest BCUT2D eigenvalue weighted by atomic mass is 9.44. The summed E-state index contributed by atoms with van der Waals surface area (Å²) in [4.78, 5) is 98.7. The lowest BCUT2D eigenvalue weighted by molar-refractivity contribution is -0.346. The summed E-state index contributed by atoms with van der Waals surface area (Å²) in [7, 11) is 0. The Bertz CT molecular complexity index is 2290. The number of alkyl halides is 6. The minimum atomic E-state index is -2.62. The smallest absolute Gasteiger partial charge is 0.456 e. The lowest BCUT2D eigenvalue weighted by Crippen LogP contribution is -2.82. The fourth-order valence-electron chi connectivity index (χ4n) is 10.3. The molecule has 5 aliphatic rings. The van der Waals surface area contributed by atoms with Crippen LogP contribution in [-0.4, -0.2) is 139 Å². The van der Waals surface area contributed by atoms with Gasteiger partial charge in [0.25, 0.3) is 0 Å². The summed E-state index contributed by atoms with van der Waals surface area (Å²) in [5, 5.41) is 28.1. The van der Waals surface area contributed by atoms with E-state index in [4.69, 9.17) is 112 Å². The number of aliphatic hydroxyl groups excluding tert-OH is 1. The van der Waals surface area contributed by atoms with E-state index in [9.17, 15) is 39.0 Å². The fraction of sp³-hybridized carbons (Fsp3) is 0.674. The van der Waals surface area contributed by atoms with Gasteiger partial charge in [0, 0.05) is 25.2 Å². The summed E-state index contributed by atoms with van der Waals surface area (Å²) in [5.41, 5.74) is -10.2. The van der Waals surface area contributed by atoms with Crippen molar-refractivity contribution in [2.75, 3.05) is 19.8 Å². The van der Waals surface area contributed by atoms with Crippen molar-refractivity contribution in [3.05, 3.63) is 47.0 Å². The van der Waals surface area contributed by atoms with Crippen LogP contribution in [-0.2, 0) is 57.0 Å². The Morgan fingerprint density at radius 1 is 0.873 bits per heavy atom. The second kappa shape index (κ2) is 20.6. The topological polar surface area (TPSA) is 255 Å². The third kappa shape index (κ3) is 12.0. The Morgan fingerprint density at radius 3 is 1.96 bits per heavy atom. The first-order chi connectivity index (χ1) is 32.6. The van der Waals surface area contributed by atoms with E-state index in [1.165, 1.54) is 52.0 Å². The van der Waals surface area contributed by atoms with Gasteiger partial charge in [-0.2, -0.15) is 0 Å². The molecule has 25 heteroatoms. The van der Waals surface area contributed by atoms with E-state index in [0.29, 0.717) is 12.8 Å². The number of aliphatic hydroxyl groups is 2. The first-order valence-electron chi connectivity index (χ1n) is 22.4. The molecule has 394 valence electrons. The van der Waals surface area contributed by atoms with E-state index >= 15 is 4.79 Å². The Labute approximate surface area is 438 Å². The number of ketones is 1. The van der Waals surface area contributed by atoms with E-state index in [2.05, 4.69) is 5.32 Å². The highest BCUT2D eigenvalue weighted by atomic mass is 35.6. The van der Waals surface area contributed by atoms with Crippen LogP contribution in [0.4, 0.5) is 14.4 Å². The van der Waals surface area contributed by atoms with Gasteiger partial charge < -0.3 is 58.2 Å².